The standard InChI is InChI=1S/C13H26N2O2/c1-2-5-14-13(3-1)4-9-16-10-6-15-7-11-17-12-8-15/h13-14H,1-12H2. The Labute approximate surface area is 105 Å². The molecule has 1 N–H and O–H groups in total. The van der Waals surface area contributed by atoms with E-state index in [-0.39, 0.29) is 0 Å². The molecule has 0 bridgehead atoms. The van der Waals surface area contributed by atoms with Crippen LogP contribution >= 0.6 is 0 Å². The average molecular weight is 242 g/mol. The minimum absolute atomic E-state index is 0.701. The number of rotatable bonds is 6. The first kappa shape index (κ1) is 13.3. The Morgan fingerprint density at radius 3 is 2.82 bits per heavy atom. The van der Waals surface area contributed by atoms with Gasteiger partial charge in [0.15, 0.2) is 0 Å². The minimum Gasteiger partial charge on any atom is -0.380 e. The highest BCUT2D eigenvalue weighted by Gasteiger charge is 2.12. The van der Waals surface area contributed by atoms with Crippen molar-refractivity contribution in [3.8, 4) is 0 Å². The summed E-state index contributed by atoms with van der Waals surface area (Å²) < 4.78 is 11.0. The Hall–Kier alpha value is -0.160. The van der Waals surface area contributed by atoms with Crippen LogP contribution in [0.15, 0.2) is 0 Å². The van der Waals surface area contributed by atoms with Gasteiger partial charge in [-0.05, 0) is 25.8 Å². The highest BCUT2D eigenvalue weighted by atomic mass is 16.5. The van der Waals surface area contributed by atoms with E-state index in [2.05, 4.69) is 10.2 Å². The summed E-state index contributed by atoms with van der Waals surface area (Å²) in [5, 5.41) is 3.55. The number of piperidine rings is 1. The van der Waals surface area contributed by atoms with E-state index in [1.165, 1.54) is 32.2 Å². The third kappa shape index (κ3) is 5.34. The predicted molar refractivity (Wildman–Crippen MR) is 68.3 cm³/mol. The van der Waals surface area contributed by atoms with E-state index in [4.69, 9.17) is 9.47 Å². The van der Waals surface area contributed by atoms with E-state index < -0.39 is 0 Å². The maximum absolute atomic E-state index is 5.72. The summed E-state index contributed by atoms with van der Waals surface area (Å²) in [5.41, 5.74) is 0. The molecule has 2 aliphatic heterocycles. The van der Waals surface area contributed by atoms with Gasteiger partial charge < -0.3 is 14.8 Å². The highest BCUT2D eigenvalue weighted by Crippen LogP contribution is 2.09. The lowest BCUT2D eigenvalue weighted by atomic mass is 10.0. The first-order valence-corrected chi connectivity index (χ1v) is 7.06. The van der Waals surface area contributed by atoms with Gasteiger partial charge >= 0.3 is 0 Å². The second-order valence-electron chi connectivity index (χ2n) is 5.00. The van der Waals surface area contributed by atoms with Crippen LogP contribution in [0, 0.1) is 0 Å². The molecule has 0 aliphatic carbocycles. The monoisotopic (exact) mass is 242 g/mol. The number of hydrogen-bond donors (Lipinski definition) is 1. The first-order chi connectivity index (χ1) is 8.45. The molecule has 0 spiro atoms. The van der Waals surface area contributed by atoms with Crippen LogP contribution in [0.2, 0.25) is 0 Å². The molecule has 1 unspecified atom stereocenters. The van der Waals surface area contributed by atoms with Crippen molar-refractivity contribution in [2.75, 3.05) is 52.6 Å². The van der Waals surface area contributed by atoms with Crippen LogP contribution in [0.1, 0.15) is 25.7 Å². The van der Waals surface area contributed by atoms with Crippen LogP contribution in [0.3, 0.4) is 0 Å². The van der Waals surface area contributed by atoms with Crippen molar-refractivity contribution in [3.05, 3.63) is 0 Å². The van der Waals surface area contributed by atoms with Gasteiger partial charge in [-0.1, -0.05) is 6.42 Å². The van der Waals surface area contributed by atoms with Gasteiger partial charge in [0.2, 0.25) is 0 Å². The Morgan fingerprint density at radius 1 is 1.18 bits per heavy atom. The Balaban J connectivity index is 1.42. The molecule has 0 saturated carbocycles. The zero-order chi connectivity index (χ0) is 11.8. The zero-order valence-corrected chi connectivity index (χ0v) is 10.8. The summed E-state index contributed by atoms with van der Waals surface area (Å²) in [6.45, 7) is 7.91. The van der Waals surface area contributed by atoms with Gasteiger partial charge in [-0.15, -0.1) is 0 Å². The summed E-state index contributed by atoms with van der Waals surface area (Å²) in [6, 6.07) is 0.701. The molecule has 1 atom stereocenters. The van der Waals surface area contributed by atoms with Crippen LogP contribution in [0.4, 0.5) is 0 Å². The largest absolute Gasteiger partial charge is 0.380 e. The molecule has 4 heteroatoms. The molecule has 0 radical (unpaired) electrons. The van der Waals surface area contributed by atoms with Crippen molar-refractivity contribution in [2.24, 2.45) is 0 Å². The molecule has 100 valence electrons. The van der Waals surface area contributed by atoms with Gasteiger partial charge in [-0.3, -0.25) is 4.90 Å². The van der Waals surface area contributed by atoms with Gasteiger partial charge in [-0.25, -0.2) is 0 Å². The number of ether oxygens (including phenoxy) is 2. The van der Waals surface area contributed by atoms with E-state index >= 15 is 0 Å². The fourth-order valence-electron chi connectivity index (χ4n) is 2.52. The van der Waals surface area contributed by atoms with Crippen molar-refractivity contribution in [3.63, 3.8) is 0 Å². The van der Waals surface area contributed by atoms with Crippen molar-refractivity contribution in [2.45, 2.75) is 31.7 Å². The number of nitrogens with one attached hydrogen (secondary N) is 1. The quantitative estimate of drug-likeness (QED) is 0.701. The second-order valence-corrected chi connectivity index (χ2v) is 5.00. The van der Waals surface area contributed by atoms with Crippen LogP contribution in [0.25, 0.3) is 0 Å². The highest BCUT2D eigenvalue weighted by molar-refractivity contribution is 4.71. The lowest BCUT2D eigenvalue weighted by molar-refractivity contribution is 0.0193. The van der Waals surface area contributed by atoms with E-state index in [1.807, 2.05) is 0 Å². The summed E-state index contributed by atoms with van der Waals surface area (Å²) >= 11 is 0. The smallest absolute Gasteiger partial charge is 0.0594 e. The number of hydrogen-bond acceptors (Lipinski definition) is 4. The Bertz CT molecular complexity index is 170. The molecule has 4 nitrogen and oxygen atoms in total. The zero-order valence-electron chi connectivity index (χ0n) is 10.8. The fourth-order valence-corrected chi connectivity index (χ4v) is 2.52. The molecule has 0 aromatic heterocycles. The predicted octanol–water partition coefficient (Wildman–Crippen LogP) is 0.867. The molecule has 2 heterocycles. The van der Waals surface area contributed by atoms with E-state index in [0.717, 1.165) is 46.1 Å². The lowest BCUT2D eigenvalue weighted by Gasteiger charge is -2.26. The van der Waals surface area contributed by atoms with Gasteiger partial charge in [-0.2, -0.15) is 0 Å². The third-order valence-electron chi connectivity index (χ3n) is 3.68. The first-order valence-electron chi connectivity index (χ1n) is 7.06. The lowest BCUT2D eigenvalue weighted by Crippen LogP contribution is -2.38. The van der Waals surface area contributed by atoms with E-state index in [0.29, 0.717) is 6.04 Å². The SMILES string of the molecule is C1CCC(CCOCCN2CCOCC2)NC1. The molecule has 0 aromatic carbocycles. The van der Waals surface area contributed by atoms with Crippen molar-refractivity contribution in [1.82, 2.24) is 10.2 Å². The summed E-state index contributed by atoms with van der Waals surface area (Å²) in [7, 11) is 0. The number of morpholine rings is 1. The van der Waals surface area contributed by atoms with Gasteiger partial charge in [0.25, 0.3) is 0 Å². The van der Waals surface area contributed by atoms with Gasteiger partial charge in [0.1, 0.15) is 0 Å². The van der Waals surface area contributed by atoms with Crippen molar-refractivity contribution >= 4 is 0 Å². The molecule has 0 aromatic rings. The maximum atomic E-state index is 5.72. The average Bonchev–Trinajstić information content (AvgIpc) is 2.41. The molecule has 0 amide bonds. The van der Waals surface area contributed by atoms with Crippen LogP contribution in [0.5, 0.6) is 0 Å². The van der Waals surface area contributed by atoms with Crippen molar-refractivity contribution < 1.29 is 9.47 Å². The van der Waals surface area contributed by atoms with E-state index in [1.54, 1.807) is 0 Å². The summed E-state index contributed by atoms with van der Waals surface area (Å²) in [6.07, 6.45) is 5.22. The molecule has 2 aliphatic rings. The Kier molecular flexibility index (Phi) is 6.27. The van der Waals surface area contributed by atoms with Crippen LogP contribution < -0.4 is 5.32 Å². The third-order valence-corrected chi connectivity index (χ3v) is 3.68. The maximum Gasteiger partial charge on any atom is 0.0594 e. The fraction of sp³-hybridized carbons (Fsp3) is 1.00. The number of nitrogens with zero attached hydrogens (tertiary/aromatic N) is 1. The molecule has 2 rings (SSSR count). The van der Waals surface area contributed by atoms with Gasteiger partial charge in [0.05, 0.1) is 19.8 Å². The molecule has 2 fully saturated rings. The second kappa shape index (κ2) is 8.03. The topological polar surface area (TPSA) is 33.7 Å². The summed E-state index contributed by atoms with van der Waals surface area (Å²) in [4.78, 5) is 2.42. The molecule has 2 saturated heterocycles. The van der Waals surface area contributed by atoms with Crippen LogP contribution in [-0.4, -0.2) is 63.5 Å². The molecular weight excluding hydrogens is 216 g/mol. The van der Waals surface area contributed by atoms with Crippen molar-refractivity contribution in [1.29, 1.82) is 0 Å². The minimum atomic E-state index is 0.701. The van der Waals surface area contributed by atoms with Crippen LogP contribution in [-0.2, 0) is 9.47 Å². The molecular formula is C13H26N2O2. The summed E-state index contributed by atoms with van der Waals surface area (Å²) in [5.74, 6) is 0. The normalized spacial score (nSPS) is 27.2. The Morgan fingerprint density at radius 2 is 2.06 bits per heavy atom. The van der Waals surface area contributed by atoms with Gasteiger partial charge in [0, 0.05) is 32.3 Å². The molecule has 17 heavy (non-hydrogen) atoms. The van der Waals surface area contributed by atoms with E-state index in [9.17, 15) is 0 Å².